The monoisotopic (exact) mass is 479 g/mol. The van der Waals surface area contributed by atoms with Gasteiger partial charge in [0.15, 0.2) is 11.5 Å². The van der Waals surface area contributed by atoms with Crippen LogP contribution in [0.25, 0.3) is 0 Å². The molecular formula is C31H45NO3. The number of rotatable bonds is 19. The molecule has 4 nitrogen and oxygen atoms in total. The number of esters is 1. The van der Waals surface area contributed by atoms with Gasteiger partial charge in [-0.15, -0.1) is 0 Å². The average molecular weight is 480 g/mol. The molecule has 35 heavy (non-hydrogen) atoms. The molecule has 0 saturated carbocycles. The Morgan fingerprint density at radius 1 is 0.743 bits per heavy atom. The van der Waals surface area contributed by atoms with E-state index in [-0.39, 0.29) is 0 Å². The second-order valence-electron chi connectivity index (χ2n) is 9.30. The highest BCUT2D eigenvalue weighted by Crippen LogP contribution is 2.28. The van der Waals surface area contributed by atoms with Crippen LogP contribution >= 0.6 is 0 Å². The Kier molecular flexibility index (Phi) is 15.3. The van der Waals surface area contributed by atoms with E-state index in [1.807, 2.05) is 36.5 Å². The van der Waals surface area contributed by atoms with Crippen LogP contribution in [0.1, 0.15) is 113 Å². The smallest absolute Gasteiger partial charge is 0.343 e. The third-order valence-corrected chi connectivity index (χ3v) is 6.28. The number of hydrogen-bond donors (Lipinski definition) is 0. The lowest BCUT2D eigenvalue weighted by atomic mass is 10.0. The van der Waals surface area contributed by atoms with E-state index in [0.717, 1.165) is 18.5 Å². The minimum Gasteiger partial charge on any atom is -0.493 e. The molecule has 0 amide bonds. The fourth-order valence-corrected chi connectivity index (χ4v) is 4.15. The molecule has 0 fully saturated rings. The summed E-state index contributed by atoms with van der Waals surface area (Å²) in [6.45, 7) is 3.12. The quantitative estimate of drug-likeness (QED) is 0.0875. The summed E-state index contributed by atoms with van der Waals surface area (Å²) < 4.78 is 10.9. The zero-order valence-electron chi connectivity index (χ0n) is 22.0. The molecule has 2 aromatic carbocycles. The van der Waals surface area contributed by atoms with E-state index in [1.165, 1.54) is 83.5 Å². The third kappa shape index (κ3) is 12.6. The first-order valence-electron chi connectivity index (χ1n) is 13.7. The van der Waals surface area contributed by atoms with Crippen LogP contribution in [-0.2, 0) is 0 Å². The maximum absolute atomic E-state index is 12.3. The molecule has 0 spiro atoms. The van der Waals surface area contributed by atoms with E-state index in [0.29, 0.717) is 17.1 Å². The van der Waals surface area contributed by atoms with Crippen molar-refractivity contribution in [3.63, 3.8) is 0 Å². The molecule has 0 unspecified atom stereocenters. The van der Waals surface area contributed by atoms with Crippen molar-refractivity contribution in [1.29, 1.82) is 0 Å². The van der Waals surface area contributed by atoms with Gasteiger partial charge >= 0.3 is 5.97 Å². The third-order valence-electron chi connectivity index (χ3n) is 6.28. The highest BCUT2D eigenvalue weighted by atomic mass is 16.6. The predicted molar refractivity (Wildman–Crippen MR) is 147 cm³/mol. The zero-order valence-corrected chi connectivity index (χ0v) is 22.0. The Morgan fingerprint density at radius 2 is 1.31 bits per heavy atom. The first-order chi connectivity index (χ1) is 17.2. The Morgan fingerprint density at radius 3 is 1.89 bits per heavy atom. The Hall–Kier alpha value is -2.62. The molecule has 0 saturated heterocycles. The molecule has 2 rings (SSSR count). The van der Waals surface area contributed by atoms with Crippen molar-refractivity contribution in [2.45, 2.75) is 96.8 Å². The summed E-state index contributed by atoms with van der Waals surface area (Å²) in [4.78, 5) is 16.9. The minimum absolute atomic E-state index is 0.400. The lowest BCUT2D eigenvalue weighted by Crippen LogP contribution is -2.09. The van der Waals surface area contributed by atoms with Crippen molar-refractivity contribution >= 4 is 12.2 Å². The number of carbonyl (C=O) groups is 1. The number of carbonyl (C=O) groups excluding carboxylic acids is 1. The fourth-order valence-electron chi connectivity index (χ4n) is 4.15. The maximum Gasteiger partial charge on any atom is 0.343 e. The van der Waals surface area contributed by atoms with Crippen LogP contribution in [0, 0.1) is 0 Å². The molecule has 2 aromatic rings. The van der Waals surface area contributed by atoms with Gasteiger partial charge in [-0.05, 0) is 42.3 Å². The molecule has 0 radical (unpaired) electrons. The second-order valence-corrected chi connectivity index (χ2v) is 9.30. The van der Waals surface area contributed by atoms with E-state index < -0.39 is 5.97 Å². The molecule has 0 N–H and O–H groups in total. The van der Waals surface area contributed by atoms with E-state index in [9.17, 15) is 4.79 Å². The maximum atomic E-state index is 12.3. The molecule has 0 heterocycles. The van der Waals surface area contributed by atoms with Gasteiger partial charge in [0.1, 0.15) is 0 Å². The standard InChI is InChI=1S/C31H45NO3/c1-3-4-5-6-7-8-9-10-11-12-13-14-15-19-24-32-26-27-22-23-29(30(25-27)34-2)35-31(33)28-20-17-16-18-21-28/h16-18,20-23,25-26H,3-15,19,24H2,1-2H3. The number of hydrogen-bond acceptors (Lipinski definition) is 4. The minimum atomic E-state index is -0.400. The first-order valence-corrected chi connectivity index (χ1v) is 13.7. The van der Waals surface area contributed by atoms with Gasteiger partial charge in [-0.3, -0.25) is 4.99 Å². The van der Waals surface area contributed by atoms with Crippen LogP contribution < -0.4 is 9.47 Å². The molecule has 0 aliphatic heterocycles. The van der Waals surface area contributed by atoms with Crippen LogP contribution in [0.15, 0.2) is 53.5 Å². The van der Waals surface area contributed by atoms with Crippen LogP contribution in [-0.4, -0.2) is 25.8 Å². The summed E-state index contributed by atoms with van der Waals surface area (Å²) in [6, 6.07) is 14.4. The van der Waals surface area contributed by atoms with Gasteiger partial charge in [-0.1, -0.05) is 109 Å². The summed E-state index contributed by atoms with van der Waals surface area (Å²) in [5.74, 6) is 0.531. The lowest BCUT2D eigenvalue weighted by Gasteiger charge is -2.10. The second kappa shape index (κ2) is 18.7. The normalized spacial score (nSPS) is 11.1. The first kappa shape index (κ1) is 28.6. The predicted octanol–water partition coefficient (Wildman–Crippen LogP) is 8.81. The van der Waals surface area contributed by atoms with Gasteiger partial charge in [-0.25, -0.2) is 4.79 Å². The molecule has 0 bridgehead atoms. The van der Waals surface area contributed by atoms with E-state index in [2.05, 4.69) is 11.9 Å². The van der Waals surface area contributed by atoms with Gasteiger partial charge < -0.3 is 9.47 Å². The van der Waals surface area contributed by atoms with Crippen molar-refractivity contribution in [3.05, 3.63) is 59.7 Å². The summed E-state index contributed by atoms with van der Waals surface area (Å²) in [6.07, 6.45) is 20.9. The van der Waals surface area contributed by atoms with Crippen molar-refractivity contribution < 1.29 is 14.3 Å². The summed E-state index contributed by atoms with van der Waals surface area (Å²) in [5, 5.41) is 0. The van der Waals surface area contributed by atoms with E-state index in [1.54, 1.807) is 25.3 Å². The van der Waals surface area contributed by atoms with Crippen molar-refractivity contribution in [3.8, 4) is 11.5 Å². The zero-order chi connectivity index (χ0) is 25.0. The van der Waals surface area contributed by atoms with Gasteiger partial charge in [-0.2, -0.15) is 0 Å². The number of benzene rings is 2. The SMILES string of the molecule is CCCCCCCCCCCCCCCCN=Cc1ccc(OC(=O)c2ccccc2)c(OC)c1. The molecule has 0 aromatic heterocycles. The highest BCUT2D eigenvalue weighted by molar-refractivity contribution is 5.91. The van der Waals surface area contributed by atoms with Gasteiger partial charge in [0.2, 0.25) is 0 Å². The topological polar surface area (TPSA) is 47.9 Å². The lowest BCUT2D eigenvalue weighted by molar-refractivity contribution is 0.0729. The molecule has 0 aliphatic carbocycles. The van der Waals surface area contributed by atoms with Gasteiger partial charge in [0.25, 0.3) is 0 Å². The molecule has 192 valence electrons. The average Bonchev–Trinajstić information content (AvgIpc) is 2.89. The van der Waals surface area contributed by atoms with Crippen molar-refractivity contribution in [2.75, 3.05) is 13.7 Å². The van der Waals surface area contributed by atoms with E-state index in [4.69, 9.17) is 9.47 Å². The molecule has 4 heteroatoms. The number of unbranched alkanes of at least 4 members (excludes halogenated alkanes) is 13. The summed E-state index contributed by atoms with van der Waals surface area (Å²) >= 11 is 0. The largest absolute Gasteiger partial charge is 0.493 e. The summed E-state index contributed by atoms with van der Waals surface area (Å²) in [7, 11) is 1.57. The van der Waals surface area contributed by atoms with E-state index >= 15 is 0 Å². The number of methoxy groups -OCH3 is 1. The fraction of sp³-hybridized carbons (Fsp3) is 0.548. The van der Waals surface area contributed by atoms with Crippen molar-refractivity contribution in [1.82, 2.24) is 0 Å². The molecule has 0 aliphatic rings. The Labute approximate surface area is 213 Å². The number of aliphatic imine (C=N–C) groups is 1. The van der Waals surface area contributed by atoms with Crippen LogP contribution in [0.2, 0.25) is 0 Å². The van der Waals surface area contributed by atoms with Crippen molar-refractivity contribution in [2.24, 2.45) is 4.99 Å². The Bertz CT molecular complexity index is 848. The Balaban J connectivity index is 1.55. The molecular weight excluding hydrogens is 434 g/mol. The number of ether oxygens (including phenoxy) is 2. The van der Waals surface area contributed by atoms with Gasteiger partial charge in [0.05, 0.1) is 12.7 Å². The van der Waals surface area contributed by atoms with Crippen LogP contribution in [0.3, 0.4) is 0 Å². The van der Waals surface area contributed by atoms with Crippen LogP contribution in [0.4, 0.5) is 0 Å². The summed E-state index contributed by atoms with van der Waals surface area (Å²) in [5.41, 5.74) is 1.44. The highest BCUT2D eigenvalue weighted by Gasteiger charge is 2.12. The van der Waals surface area contributed by atoms with Gasteiger partial charge in [0, 0.05) is 12.8 Å². The number of nitrogens with zero attached hydrogens (tertiary/aromatic N) is 1. The van der Waals surface area contributed by atoms with Crippen LogP contribution in [0.5, 0.6) is 11.5 Å². The molecule has 0 atom stereocenters.